The average molecular weight is 361 g/mol. The van der Waals surface area contributed by atoms with Crippen LogP contribution in [0.1, 0.15) is 16.1 Å². The summed E-state index contributed by atoms with van der Waals surface area (Å²) in [5.74, 6) is -1.51. The third kappa shape index (κ3) is 3.77. The first-order valence-corrected chi connectivity index (χ1v) is 7.21. The fourth-order valence-corrected chi connectivity index (χ4v) is 2.09. The minimum atomic E-state index is -4.55. The Kier molecular flexibility index (Phi) is 4.53. The number of hydrogen-bond donors (Lipinski definition) is 1. The molecule has 0 aliphatic heterocycles. The van der Waals surface area contributed by atoms with Crippen molar-refractivity contribution in [3.8, 4) is 23.0 Å². The number of para-hydroxylation sites is 1. The molecule has 1 aromatic carbocycles. The Morgan fingerprint density at radius 1 is 1.04 bits per heavy atom. The van der Waals surface area contributed by atoms with Gasteiger partial charge in [0, 0.05) is 24.0 Å². The third-order valence-electron chi connectivity index (χ3n) is 3.28. The smallest absolute Gasteiger partial charge is 0.419 e. The van der Waals surface area contributed by atoms with E-state index in [-0.39, 0.29) is 23.1 Å². The molecule has 0 saturated carbocycles. The number of rotatable bonds is 4. The van der Waals surface area contributed by atoms with Gasteiger partial charge >= 0.3 is 12.1 Å². The Morgan fingerprint density at radius 2 is 1.81 bits per heavy atom. The van der Waals surface area contributed by atoms with Crippen molar-refractivity contribution in [1.29, 1.82) is 0 Å². The van der Waals surface area contributed by atoms with Crippen molar-refractivity contribution < 1.29 is 27.8 Å². The number of aromatic nitrogens is 3. The number of carbonyl (C=O) groups is 1. The molecule has 0 radical (unpaired) electrons. The SMILES string of the molecule is O=C(O)c1ccnc(-c2ccc(Oc3ccccc3C(F)(F)F)nc2)n1. The molecule has 0 saturated heterocycles. The Hall–Kier alpha value is -3.49. The van der Waals surface area contributed by atoms with E-state index in [1.54, 1.807) is 0 Å². The number of hydrogen-bond acceptors (Lipinski definition) is 5. The Balaban J connectivity index is 1.86. The number of carboxylic acid groups (broad SMARTS) is 1. The van der Waals surface area contributed by atoms with Gasteiger partial charge < -0.3 is 9.84 Å². The first-order valence-electron chi connectivity index (χ1n) is 7.21. The van der Waals surface area contributed by atoms with Crippen LogP contribution < -0.4 is 4.74 Å². The summed E-state index contributed by atoms with van der Waals surface area (Å²) < 4.78 is 44.1. The number of nitrogens with zero attached hydrogens (tertiary/aromatic N) is 3. The Labute approximate surface area is 145 Å². The van der Waals surface area contributed by atoms with E-state index >= 15 is 0 Å². The third-order valence-corrected chi connectivity index (χ3v) is 3.28. The van der Waals surface area contributed by atoms with E-state index in [0.717, 1.165) is 6.07 Å². The van der Waals surface area contributed by atoms with Gasteiger partial charge in [-0.05, 0) is 24.3 Å². The molecule has 6 nitrogen and oxygen atoms in total. The van der Waals surface area contributed by atoms with Crippen LogP contribution >= 0.6 is 0 Å². The Morgan fingerprint density at radius 3 is 2.46 bits per heavy atom. The van der Waals surface area contributed by atoms with Crippen molar-refractivity contribution in [1.82, 2.24) is 15.0 Å². The molecule has 26 heavy (non-hydrogen) atoms. The molecule has 0 fully saturated rings. The molecule has 0 amide bonds. The molecule has 0 atom stereocenters. The zero-order valence-corrected chi connectivity index (χ0v) is 12.9. The minimum Gasteiger partial charge on any atom is -0.477 e. The van der Waals surface area contributed by atoms with Gasteiger partial charge in [0.15, 0.2) is 11.5 Å². The highest BCUT2D eigenvalue weighted by atomic mass is 19.4. The topological polar surface area (TPSA) is 85.2 Å². The lowest BCUT2D eigenvalue weighted by Gasteiger charge is -2.12. The summed E-state index contributed by atoms with van der Waals surface area (Å²) in [4.78, 5) is 22.7. The van der Waals surface area contributed by atoms with Gasteiger partial charge in [-0.3, -0.25) is 0 Å². The Bertz CT molecular complexity index is 944. The summed E-state index contributed by atoms with van der Waals surface area (Å²) in [6.45, 7) is 0. The van der Waals surface area contributed by atoms with E-state index in [9.17, 15) is 18.0 Å². The van der Waals surface area contributed by atoms with E-state index < -0.39 is 17.7 Å². The number of ether oxygens (including phenoxy) is 1. The number of halogens is 3. The fraction of sp³-hybridized carbons (Fsp3) is 0.0588. The van der Waals surface area contributed by atoms with Crippen molar-refractivity contribution >= 4 is 5.97 Å². The van der Waals surface area contributed by atoms with Crippen LogP contribution in [0.5, 0.6) is 11.6 Å². The second-order valence-corrected chi connectivity index (χ2v) is 5.05. The lowest BCUT2D eigenvalue weighted by molar-refractivity contribution is -0.138. The highest BCUT2D eigenvalue weighted by Gasteiger charge is 2.34. The van der Waals surface area contributed by atoms with Crippen LogP contribution in [-0.4, -0.2) is 26.0 Å². The lowest BCUT2D eigenvalue weighted by atomic mass is 10.2. The van der Waals surface area contributed by atoms with Crippen molar-refractivity contribution in [2.45, 2.75) is 6.18 Å². The largest absolute Gasteiger partial charge is 0.477 e. The number of benzene rings is 1. The van der Waals surface area contributed by atoms with E-state index in [0.29, 0.717) is 5.56 Å². The van der Waals surface area contributed by atoms with Gasteiger partial charge in [-0.1, -0.05) is 12.1 Å². The molecule has 0 aliphatic carbocycles. The van der Waals surface area contributed by atoms with Crippen molar-refractivity contribution in [3.05, 3.63) is 66.1 Å². The van der Waals surface area contributed by atoms with E-state index in [1.807, 2.05) is 0 Å². The second kappa shape index (κ2) is 6.79. The maximum absolute atomic E-state index is 13.0. The minimum absolute atomic E-state index is 0.0557. The summed E-state index contributed by atoms with van der Waals surface area (Å²) in [7, 11) is 0. The van der Waals surface area contributed by atoms with Gasteiger partial charge in [0.1, 0.15) is 5.75 Å². The summed E-state index contributed by atoms with van der Waals surface area (Å²) in [6.07, 6.45) is -1.98. The molecule has 0 bridgehead atoms. The maximum Gasteiger partial charge on any atom is 0.419 e. The van der Waals surface area contributed by atoms with E-state index in [2.05, 4.69) is 15.0 Å². The molecule has 0 spiro atoms. The van der Waals surface area contributed by atoms with Gasteiger partial charge in [-0.25, -0.2) is 19.7 Å². The van der Waals surface area contributed by atoms with Crippen LogP contribution in [-0.2, 0) is 6.18 Å². The molecule has 2 heterocycles. The van der Waals surface area contributed by atoms with Crippen LogP contribution in [0.25, 0.3) is 11.4 Å². The average Bonchev–Trinajstić information content (AvgIpc) is 2.62. The molecular weight excluding hydrogens is 351 g/mol. The molecule has 9 heteroatoms. The number of pyridine rings is 1. The normalized spacial score (nSPS) is 11.2. The maximum atomic E-state index is 13.0. The number of alkyl halides is 3. The second-order valence-electron chi connectivity index (χ2n) is 5.05. The van der Waals surface area contributed by atoms with E-state index in [1.165, 1.54) is 48.8 Å². The van der Waals surface area contributed by atoms with Crippen LogP contribution in [0.2, 0.25) is 0 Å². The summed E-state index contributed by atoms with van der Waals surface area (Å²) in [5, 5.41) is 8.94. The summed E-state index contributed by atoms with van der Waals surface area (Å²) in [6, 6.07) is 8.85. The first kappa shape index (κ1) is 17.3. The number of carboxylic acids is 1. The van der Waals surface area contributed by atoms with Gasteiger partial charge in [0.05, 0.1) is 5.56 Å². The molecule has 0 unspecified atom stereocenters. The molecule has 1 N–H and O–H groups in total. The monoisotopic (exact) mass is 361 g/mol. The quantitative estimate of drug-likeness (QED) is 0.755. The molecule has 3 aromatic rings. The van der Waals surface area contributed by atoms with Gasteiger partial charge in [-0.2, -0.15) is 13.2 Å². The lowest BCUT2D eigenvalue weighted by Crippen LogP contribution is -2.07. The fourth-order valence-electron chi connectivity index (χ4n) is 2.09. The molecule has 3 rings (SSSR count). The van der Waals surface area contributed by atoms with Crippen LogP contribution in [0, 0.1) is 0 Å². The molecule has 132 valence electrons. The van der Waals surface area contributed by atoms with Crippen molar-refractivity contribution in [3.63, 3.8) is 0 Å². The molecular formula is C17H10F3N3O3. The van der Waals surface area contributed by atoms with Crippen LogP contribution in [0.3, 0.4) is 0 Å². The van der Waals surface area contributed by atoms with Gasteiger partial charge in [0.25, 0.3) is 0 Å². The predicted molar refractivity (Wildman–Crippen MR) is 83.7 cm³/mol. The molecule has 2 aromatic heterocycles. The van der Waals surface area contributed by atoms with Gasteiger partial charge in [-0.15, -0.1) is 0 Å². The first-order chi connectivity index (χ1) is 12.3. The zero-order chi connectivity index (χ0) is 18.7. The summed E-state index contributed by atoms with van der Waals surface area (Å²) in [5.41, 5.74) is -0.706. The van der Waals surface area contributed by atoms with Crippen LogP contribution in [0.15, 0.2) is 54.9 Å². The van der Waals surface area contributed by atoms with Crippen molar-refractivity contribution in [2.75, 3.05) is 0 Å². The predicted octanol–water partition coefficient (Wildman–Crippen LogP) is 4.05. The highest BCUT2D eigenvalue weighted by molar-refractivity contribution is 5.85. The molecule has 0 aliphatic rings. The standard InChI is InChI=1S/C17H10F3N3O3/c18-17(19,20)11-3-1-2-4-13(11)26-14-6-5-10(9-22-14)15-21-8-7-12(23-15)16(24)25/h1-9H,(H,24,25). The van der Waals surface area contributed by atoms with Crippen LogP contribution in [0.4, 0.5) is 13.2 Å². The van der Waals surface area contributed by atoms with Gasteiger partial charge in [0.2, 0.25) is 5.88 Å². The summed E-state index contributed by atoms with van der Waals surface area (Å²) >= 11 is 0. The van der Waals surface area contributed by atoms with E-state index in [4.69, 9.17) is 9.84 Å². The number of aromatic carboxylic acids is 1. The zero-order valence-electron chi connectivity index (χ0n) is 12.9. The highest BCUT2D eigenvalue weighted by Crippen LogP contribution is 2.37. The van der Waals surface area contributed by atoms with Crippen molar-refractivity contribution in [2.24, 2.45) is 0 Å².